The zero-order valence-electron chi connectivity index (χ0n) is 13.4. The van der Waals surface area contributed by atoms with Gasteiger partial charge in [0.1, 0.15) is 5.75 Å². The maximum absolute atomic E-state index is 9.81. The Labute approximate surface area is 143 Å². The third-order valence-corrected chi connectivity index (χ3v) is 7.03. The molecule has 2 rings (SSSR count). The van der Waals surface area contributed by atoms with E-state index in [1.165, 1.54) is 6.26 Å². The second-order valence-corrected chi connectivity index (χ2v) is 9.13. The van der Waals surface area contributed by atoms with Gasteiger partial charge in [0.25, 0.3) is 0 Å². The summed E-state index contributed by atoms with van der Waals surface area (Å²) in [5, 5.41) is 9.81. The summed E-state index contributed by atoms with van der Waals surface area (Å²) in [6.45, 7) is 6.82. The van der Waals surface area contributed by atoms with E-state index < -0.39 is 18.9 Å². The lowest BCUT2D eigenvalue weighted by Gasteiger charge is -2.20. The fraction of sp³-hybridized carbons (Fsp3) is 0.294. The van der Waals surface area contributed by atoms with Crippen LogP contribution in [0, 0.1) is 0 Å². The first-order chi connectivity index (χ1) is 11.1. The molecule has 0 saturated heterocycles. The monoisotopic (exact) mass is 431 g/mol. The highest BCUT2D eigenvalue weighted by Crippen LogP contribution is 2.35. The van der Waals surface area contributed by atoms with E-state index in [0.29, 0.717) is 16.9 Å². The Balaban J connectivity index is 2.10. The lowest BCUT2D eigenvalue weighted by Crippen LogP contribution is -2.25. The molecule has 126 valence electrons. The fourth-order valence-corrected chi connectivity index (χ4v) is 5.07. The van der Waals surface area contributed by atoms with Gasteiger partial charge in [-0.15, -0.1) is 0 Å². The number of halogens is 1. The van der Waals surface area contributed by atoms with Crippen LogP contribution < -0.4 is 9.64 Å². The van der Waals surface area contributed by atoms with Crippen LogP contribution in [0.5, 0.6) is 5.75 Å². The quantitative estimate of drug-likeness (QED) is 0.501. The van der Waals surface area contributed by atoms with Crippen molar-refractivity contribution in [2.24, 2.45) is 0 Å². The standard InChI is InChI=1S/C17H22INO4/c1-5-10-22-14-9-7-8-13(11-14)19(4)12-15-18(3)16(21-6-2)17(20)23-15/h6-9,11,20H,2-3,5,10,12H2,1,4H3. The van der Waals surface area contributed by atoms with Gasteiger partial charge in [0.05, 0.1) is 19.4 Å². The molecule has 5 nitrogen and oxygen atoms in total. The van der Waals surface area contributed by atoms with E-state index in [1.54, 1.807) is 0 Å². The van der Waals surface area contributed by atoms with Crippen LogP contribution in [0.3, 0.4) is 0 Å². The van der Waals surface area contributed by atoms with Gasteiger partial charge in [-0.2, -0.15) is 0 Å². The van der Waals surface area contributed by atoms with Crippen LogP contribution in [0.25, 0.3) is 0 Å². The molecule has 1 heterocycles. The van der Waals surface area contributed by atoms with Crippen LogP contribution in [0.1, 0.15) is 13.3 Å². The largest absolute Gasteiger partial charge is 0.494 e. The molecule has 0 spiro atoms. The normalized spacial score (nSPS) is 14.6. The number of benzene rings is 1. The highest BCUT2D eigenvalue weighted by molar-refractivity contribution is 14.2. The van der Waals surface area contributed by atoms with Crippen molar-refractivity contribution < 1.29 is 19.3 Å². The maximum atomic E-state index is 9.81. The van der Waals surface area contributed by atoms with Crippen LogP contribution >= 0.6 is 18.9 Å². The molecule has 1 aromatic rings. The Morgan fingerprint density at radius 2 is 2.22 bits per heavy atom. The smallest absolute Gasteiger partial charge is 0.333 e. The summed E-state index contributed by atoms with van der Waals surface area (Å²) in [6.07, 6.45) is 2.25. The molecule has 1 aliphatic heterocycles. The maximum Gasteiger partial charge on any atom is 0.333 e. The van der Waals surface area contributed by atoms with E-state index >= 15 is 0 Å². The Kier molecular flexibility index (Phi) is 6.20. The minimum atomic E-state index is -2.05. The lowest BCUT2D eigenvalue weighted by molar-refractivity contribution is 0.179. The second kappa shape index (κ2) is 8.14. The number of aliphatic hydroxyl groups is 1. The van der Waals surface area contributed by atoms with Gasteiger partial charge in [-0.25, -0.2) is 0 Å². The van der Waals surface area contributed by atoms with Gasteiger partial charge in [0.2, 0.25) is 3.77 Å². The van der Waals surface area contributed by atoms with Crippen LogP contribution in [0.2, 0.25) is 0 Å². The number of rotatable bonds is 8. The zero-order chi connectivity index (χ0) is 16.8. The number of hydrogen-bond donors (Lipinski definition) is 1. The summed E-state index contributed by atoms with van der Waals surface area (Å²) >= 11 is -2.05. The number of nitrogens with zero attached hydrogens (tertiary/aromatic N) is 1. The predicted octanol–water partition coefficient (Wildman–Crippen LogP) is 3.85. The van der Waals surface area contributed by atoms with E-state index in [-0.39, 0.29) is 5.95 Å². The highest BCUT2D eigenvalue weighted by Gasteiger charge is 2.22. The van der Waals surface area contributed by atoms with Crippen LogP contribution in [0.4, 0.5) is 5.69 Å². The first kappa shape index (κ1) is 17.5. The molecule has 0 atom stereocenters. The van der Waals surface area contributed by atoms with Crippen LogP contribution in [-0.4, -0.2) is 33.5 Å². The van der Waals surface area contributed by atoms with Gasteiger partial charge in [-0.1, -0.05) is 24.1 Å². The Bertz CT molecular complexity index is 690. The summed E-state index contributed by atoms with van der Waals surface area (Å²) in [5.41, 5.74) is 1.01. The summed E-state index contributed by atoms with van der Waals surface area (Å²) in [5.74, 6) is 0.656. The molecule has 0 fully saturated rings. The first-order valence-corrected chi connectivity index (χ1v) is 10.9. The van der Waals surface area contributed by atoms with E-state index in [2.05, 4.69) is 18.0 Å². The van der Waals surface area contributed by atoms with E-state index in [9.17, 15) is 5.11 Å². The van der Waals surface area contributed by atoms with Crippen molar-refractivity contribution in [3.05, 3.63) is 46.8 Å². The van der Waals surface area contributed by atoms with Crippen molar-refractivity contribution in [1.82, 2.24) is 0 Å². The Morgan fingerprint density at radius 1 is 1.43 bits per heavy atom. The molecule has 0 radical (unpaired) electrons. The van der Waals surface area contributed by atoms with Crippen molar-refractivity contribution in [1.29, 1.82) is 0 Å². The number of likely N-dealkylation sites (N-methyl/N-ethyl adjacent to an activating group) is 1. The van der Waals surface area contributed by atoms with E-state index in [1.807, 2.05) is 36.2 Å². The molecule has 0 bridgehead atoms. The molecule has 0 saturated carbocycles. The summed E-state index contributed by atoms with van der Waals surface area (Å²) in [7, 11) is 1.96. The second-order valence-electron chi connectivity index (χ2n) is 4.88. The Morgan fingerprint density at radius 3 is 2.91 bits per heavy atom. The molecule has 1 aliphatic rings. The van der Waals surface area contributed by atoms with Gasteiger partial charge in [-0.3, -0.25) is 0 Å². The number of hydrogen-bond acceptors (Lipinski definition) is 5. The number of anilines is 1. The molecule has 1 N–H and O–H groups in total. The van der Waals surface area contributed by atoms with Gasteiger partial charge < -0.3 is 24.2 Å². The molecule has 1 aromatic carbocycles. The van der Waals surface area contributed by atoms with Gasteiger partial charge in [0.15, 0.2) is 3.69 Å². The summed E-state index contributed by atoms with van der Waals surface area (Å²) in [6, 6.07) is 7.89. The minimum absolute atomic E-state index is 0.187. The average Bonchev–Trinajstić information content (AvgIpc) is 2.81. The van der Waals surface area contributed by atoms with E-state index in [4.69, 9.17) is 14.2 Å². The van der Waals surface area contributed by atoms with Crippen molar-refractivity contribution in [3.8, 4) is 5.75 Å². The van der Waals surface area contributed by atoms with Crippen LogP contribution in [0.15, 0.2) is 46.8 Å². The van der Waals surface area contributed by atoms with Crippen molar-refractivity contribution in [3.63, 3.8) is 0 Å². The highest BCUT2D eigenvalue weighted by atomic mass is 127. The molecule has 0 amide bonds. The molecule has 23 heavy (non-hydrogen) atoms. The van der Waals surface area contributed by atoms with Crippen molar-refractivity contribution in [2.45, 2.75) is 13.3 Å². The zero-order valence-corrected chi connectivity index (χ0v) is 15.6. The molecule has 0 aliphatic carbocycles. The predicted molar refractivity (Wildman–Crippen MR) is 104 cm³/mol. The summed E-state index contributed by atoms with van der Waals surface area (Å²) < 4.78 is 21.7. The number of ether oxygens (including phenoxy) is 3. The van der Waals surface area contributed by atoms with Gasteiger partial charge >= 0.3 is 5.95 Å². The van der Waals surface area contributed by atoms with Gasteiger partial charge in [-0.05, 0) is 37.4 Å². The fourth-order valence-electron chi connectivity index (χ4n) is 1.98. The summed E-state index contributed by atoms with van der Waals surface area (Å²) in [4.78, 5) is 2.04. The third-order valence-electron chi connectivity index (χ3n) is 3.12. The minimum Gasteiger partial charge on any atom is -0.494 e. The van der Waals surface area contributed by atoms with Crippen molar-refractivity contribution in [2.75, 3.05) is 25.1 Å². The first-order valence-electron chi connectivity index (χ1n) is 7.24. The topological polar surface area (TPSA) is 51.2 Å². The lowest BCUT2D eigenvalue weighted by atomic mass is 10.3. The molecule has 6 heteroatoms. The average molecular weight is 431 g/mol. The molecule has 0 unspecified atom stereocenters. The molecular weight excluding hydrogens is 409 g/mol. The van der Waals surface area contributed by atoms with Gasteiger partial charge in [0, 0.05) is 18.8 Å². The van der Waals surface area contributed by atoms with Crippen LogP contribution in [-0.2, 0) is 9.47 Å². The SMILES string of the molecule is C=COC1=C(O)OC(CN(C)c2cccc(OCCC)c2)=I1=C. The Hall–Kier alpha value is -1.83. The van der Waals surface area contributed by atoms with E-state index in [0.717, 1.165) is 21.6 Å². The third kappa shape index (κ3) is 4.34. The number of aliphatic hydroxyl groups excluding tert-OH is 1. The van der Waals surface area contributed by atoms with Crippen molar-refractivity contribution >= 4 is 32.8 Å². The molecular formula is C17H22INO4. The molecule has 0 aromatic heterocycles.